The molecule has 0 aromatic heterocycles. The molecular formula is C24H32N2O4S. The summed E-state index contributed by atoms with van der Waals surface area (Å²) < 4.78 is 32.0. The molecule has 168 valence electrons. The van der Waals surface area contributed by atoms with E-state index in [1.54, 1.807) is 6.07 Å². The molecule has 2 aromatic rings. The first-order valence-electron chi connectivity index (χ1n) is 10.6. The van der Waals surface area contributed by atoms with Crippen molar-refractivity contribution in [1.29, 1.82) is 0 Å². The minimum atomic E-state index is -3.43. The first-order valence-corrected chi connectivity index (χ1v) is 12.4. The topological polar surface area (TPSA) is 75.7 Å². The Balaban J connectivity index is 1.65. The predicted octanol–water partition coefficient (Wildman–Crippen LogP) is 4.27. The normalized spacial score (nSPS) is 17.4. The zero-order valence-corrected chi connectivity index (χ0v) is 19.8. The number of hydrogen-bond donors (Lipinski definition) is 1. The highest BCUT2D eigenvalue weighted by Gasteiger charge is 2.34. The molecule has 3 rings (SSSR count). The molecule has 0 saturated carbocycles. The molecular weight excluding hydrogens is 412 g/mol. The van der Waals surface area contributed by atoms with E-state index in [4.69, 9.17) is 4.74 Å². The second-order valence-electron chi connectivity index (χ2n) is 9.00. The lowest BCUT2D eigenvalue weighted by Crippen LogP contribution is -2.41. The molecule has 31 heavy (non-hydrogen) atoms. The van der Waals surface area contributed by atoms with Crippen molar-refractivity contribution in [3.05, 3.63) is 59.2 Å². The molecule has 0 bridgehead atoms. The average molecular weight is 445 g/mol. The third-order valence-corrected chi connectivity index (χ3v) is 6.61. The van der Waals surface area contributed by atoms with Crippen LogP contribution in [-0.4, -0.2) is 32.7 Å². The number of nitrogens with one attached hydrogen (secondary N) is 1. The monoisotopic (exact) mass is 444 g/mol. The SMILES string of the molecule is Cc1cccc(N(CCCC(=O)NC2CC(C)(C)Oc3cc(C)ccc32)S(C)(=O)=O)c1. The Kier molecular flexibility index (Phi) is 6.65. The summed E-state index contributed by atoms with van der Waals surface area (Å²) in [7, 11) is -3.43. The smallest absolute Gasteiger partial charge is 0.232 e. The van der Waals surface area contributed by atoms with Crippen LogP contribution in [0.2, 0.25) is 0 Å². The first kappa shape index (κ1) is 23.1. The third kappa shape index (κ3) is 6.00. The number of benzene rings is 2. The van der Waals surface area contributed by atoms with Gasteiger partial charge in [-0.3, -0.25) is 9.10 Å². The third-order valence-electron chi connectivity index (χ3n) is 5.42. The van der Waals surface area contributed by atoms with Crippen LogP contribution < -0.4 is 14.4 Å². The van der Waals surface area contributed by atoms with Gasteiger partial charge in [-0.2, -0.15) is 0 Å². The van der Waals surface area contributed by atoms with Gasteiger partial charge in [0, 0.05) is 24.9 Å². The Bertz CT molecular complexity index is 1060. The van der Waals surface area contributed by atoms with Crippen LogP contribution in [-0.2, 0) is 14.8 Å². The van der Waals surface area contributed by atoms with Crippen LogP contribution in [0.25, 0.3) is 0 Å². The molecule has 1 amide bonds. The van der Waals surface area contributed by atoms with Gasteiger partial charge in [0.2, 0.25) is 15.9 Å². The van der Waals surface area contributed by atoms with Crippen molar-refractivity contribution >= 4 is 21.6 Å². The number of hydrogen-bond acceptors (Lipinski definition) is 4. The molecule has 1 aliphatic rings. The van der Waals surface area contributed by atoms with Gasteiger partial charge in [0.05, 0.1) is 18.0 Å². The molecule has 1 atom stereocenters. The molecule has 6 nitrogen and oxygen atoms in total. The second-order valence-corrected chi connectivity index (χ2v) is 10.9. The van der Waals surface area contributed by atoms with Crippen molar-refractivity contribution in [3.8, 4) is 5.75 Å². The number of anilines is 1. The molecule has 0 aliphatic carbocycles. The van der Waals surface area contributed by atoms with E-state index >= 15 is 0 Å². The fourth-order valence-electron chi connectivity index (χ4n) is 4.01. The van der Waals surface area contributed by atoms with Gasteiger partial charge in [0.1, 0.15) is 11.4 Å². The van der Waals surface area contributed by atoms with E-state index in [0.717, 1.165) is 22.4 Å². The van der Waals surface area contributed by atoms with Crippen molar-refractivity contribution in [3.63, 3.8) is 0 Å². The number of amides is 1. The second kappa shape index (κ2) is 8.91. The Hall–Kier alpha value is -2.54. The summed E-state index contributed by atoms with van der Waals surface area (Å²) in [5.74, 6) is 0.719. The highest BCUT2D eigenvalue weighted by molar-refractivity contribution is 7.92. The zero-order valence-electron chi connectivity index (χ0n) is 18.9. The molecule has 1 aliphatic heterocycles. The maximum Gasteiger partial charge on any atom is 0.232 e. The molecule has 2 aromatic carbocycles. The molecule has 1 unspecified atom stereocenters. The van der Waals surface area contributed by atoms with Gasteiger partial charge in [0.25, 0.3) is 0 Å². The minimum Gasteiger partial charge on any atom is -0.487 e. The van der Waals surface area contributed by atoms with Crippen LogP contribution in [0.4, 0.5) is 5.69 Å². The van der Waals surface area contributed by atoms with Gasteiger partial charge in [-0.15, -0.1) is 0 Å². The lowest BCUT2D eigenvalue weighted by molar-refractivity contribution is -0.122. The van der Waals surface area contributed by atoms with E-state index in [1.807, 2.05) is 64.1 Å². The van der Waals surface area contributed by atoms with Crippen LogP contribution in [0.5, 0.6) is 5.75 Å². The summed E-state index contributed by atoms with van der Waals surface area (Å²) in [5, 5.41) is 3.12. The molecule has 0 radical (unpaired) electrons. The maximum absolute atomic E-state index is 12.7. The summed E-state index contributed by atoms with van der Waals surface area (Å²) >= 11 is 0. The lowest BCUT2D eigenvalue weighted by Gasteiger charge is -2.38. The Morgan fingerprint density at radius 1 is 1.16 bits per heavy atom. The predicted molar refractivity (Wildman–Crippen MR) is 124 cm³/mol. The van der Waals surface area contributed by atoms with Crippen LogP contribution in [0.15, 0.2) is 42.5 Å². The molecule has 0 spiro atoms. The number of sulfonamides is 1. The van der Waals surface area contributed by atoms with E-state index in [-0.39, 0.29) is 30.5 Å². The lowest BCUT2D eigenvalue weighted by atomic mass is 9.89. The Morgan fingerprint density at radius 3 is 2.55 bits per heavy atom. The van der Waals surface area contributed by atoms with Gasteiger partial charge >= 0.3 is 0 Å². The molecule has 1 heterocycles. The maximum atomic E-state index is 12.7. The summed E-state index contributed by atoms with van der Waals surface area (Å²) in [4.78, 5) is 12.7. The zero-order chi connectivity index (χ0) is 22.8. The largest absolute Gasteiger partial charge is 0.487 e. The number of ether oxygens (including phenoxy) is 1. The minimum absolute atomic E-state index is 0.0908. The van der Waals surface area contributed by atoms with Crippen molar-refractivity contribution < 1.29 is 17.9 Å². The van der Waals surface area contributed by atoms with Gasteiger partial charge in [-0.1, -0.05) is 24.3 Å². The Labute approximate surface area is 185 Å². The number of nitrogens with zero attached hydrogens (tertiary/aromatic N) is 1. The van der Waals surface area contributed by atoms with Gasteiger partial charge in [-0.05, 0) is 63.4 Å². The molecule has 0 saturated heterocycles. The molecule has 7 heteroatoms. The van der Waals surface area contributed by atoms with E-state index in [2.05, 4.69) is 5.32 Å². The molecule has 1 N–H and O–H groups in total. The van der Waals surface area contributed by atoms with Crippen molar-refractivity contribution in [1.82, 2.24) is 5.32 Å². The fraction of sp³-hybridized carbons (Fsp3) is 0.458. The summed E-state index contributed by atoms with van der Waals surface area (Å²) in [6, 6.07) is 13.3. The van der Waals surface area contributed by atoms with E-state index < -0.39 is 10.0 Å². The number of fused-ring (bicyclic) bond motifs is 1. The standard InChI is InChI=1S/C24H32N2O4S/c1-17-8-6-9-19(14-17)26(31(5,28)29)13-7-10-23(27)25-21-16-24(3,4)30-22-15-18(2)11-12-20(21)22/h6,8-9,11-12,14-15,21H,7,10,13,16H2,1-5H3,(H,25,27). The van der Waals surface area contributed by atoms with Crippen molar-refractivity contribution in [2.24, 2.45) is 0 Å². The summed E-state index contributed by atoms with van der Waals surface area (Å²) in [5.41, 5.74) is 3.32. The number of rotatable bonds is 7. The fourth-order valence-corrected chi connectivity index (χ4v) is 4.96. The highest BCUT2D eigenvalue weighted by atomic mass is 32.2. The first-order chi connectivity index (χ1) is 14.4. The van der Waals surface area contributed by atoms with Crippen LogP contribution >= 0.6 is 0 Å². The van der Waals surface area contributed by atoms with Crippen LogP contribution in [0.1, 0.15) is 55.8 Å². The molecule has 0 fully saturated rings. The van der Waals surface area contributed by atoms with Gasteiger partial charge in [-0.25, -0.2) is 8.42 Å². The van der Waals surface area contributed by atoms with E-state index in [9.17, 15) is 13.2 Å². The summed E-state index contributed by atoms with van der Waals surface area (Å²) in [6.45, 7) is 8.23. The average Bonchev–Trinajstić information content (AvgIpc) is 2.62. The van der Waals surface area contributed by atoms with Crippen LogP contribution in [0, 0.1) is 13.8 Å². The Morgan fingerprint density at radius 2 is 1.87 bits per heavy atom. The highest BCUT2D eigenvalue weighted by Crippen LogP contribution is 2.39. The number of aryl methyl sites for hydroxylation is 2. The van der Waals surface area contributed by atoms with E-state index in [1.165, 1.54) is 10.6 Å². The van der Waals surface area contributed by atoms with E-state index in [0.29, 0.717) is 18.5 Å². The quantitative estimate of drug-likeness (QED) is 0.692. The number of carbonyl (C=O) groups is 1. The van der Waals surface area contributed by atoms with Crippen molar-refractivity contribution in [2.75, 3.05) is 17.1 Å². The van der Waals surface area contributed by atoms with Crippen LogP contribution in [0.3, 0.4) is 0 Å². The number of carbonyl (C=O) groups excluding carboxylic acids is 1. The van der Waals surface area contributed by atoms with Gasteiger partial charge in [0.15, 0.2) is 0 Å². The van der Waals surface area contributed by atoms with Gasteiger partial charge < -0.3 is 10.1 Å². The summed E-state index contributed by atoms with van der Waals surface area (Å²) in [6.07, 6.45) is 2.54. The van der Waals surface area contributed by atoms with Crippen molar-refractivity contribution in [2.45, 2.75) is 58.6 Å².